The monoisotopic (exact) mass is 444 g/mol. The molecule has 0 amide bonds. The van der Waals surface area contributed by atoms with Crippen molar-refractivity contribution >= 4 is 15.8 Å². The molecule has 0 unspecified atom stereocenters. The molecule has 0 atom stereocenters. The predicted octanol–water partition coefficient (Wildman–Crippen LogP) is 3.23. The molecule has 0 spiro atoms. The van der Waals surface area contributed by atoms with Crippen molar-refractivity contribution in [3.8, 4) is 0 Å². The topological polar surface area (TPSA) is 73.8 Å². The summed E-state index contributed by atoms with van der Waals surface area (Å²) in [6, 6.07) is 15.7. The molecule has 0 aromatic heterocycles. The van der Waals surface area contributed by atoms with Crippen LogP contribution in [0.5, 0.6) is 0 Å². The largest absolute Gasteiger partial charge is 0.357 e. The van der Waals surface area contributed by atoms with Gasteiger partial charge in [0.25, 0.3) is 0 Å². The first kappa shape index (κ1) is 24.9. The lowest BCUT2D eigenvalue weighted by molar-refractivity contribution is 0.296. The molecule has 6 nitrogen and oxygen atoms in total. The molecule has 2 aromatic rings. The molecule has 0 saturated heterocycles. The number of guanidine groups is 1. The molecule has 2 N–H and O–H groups in total. The lowest BCUT2D eigenvalue weighted by atomic mass is 10.1. The third kappa shape index (κ3) is 8.71. The van der Waals surface area contributed by atoms with Gasteiger partial charge >= 0.3 is 0 Å². The molecular formula is C24H36N4O2S. The highest BCUT2D eigenvalue weighted by atomic mass is 32.2. The van der Waals surface area contributed by atoms with E-state index in [1.54, 1.807) is 12.1 Å². The molecule has 31 heavy (non-hydrogen) atoms. The zero-order valence-corrected chi connectivity index (χ0v) is 20.0. The van der Waals surface area contributed by atoms with Gasteiger partial charge in [-0.3, -0.25) is 4.90 Å². The minimum absolute atomic E-state index is 0.349. The Morgan fingerprint density at radius 1 is 0.871 bits per heavy atom. The number of rotatable bonds is 11. The fourth-order valence-electron chi connectivity index (χ4n) is 3.20. The lowest BCUT2D eigenvalue weighted by Crippen LogP contribution is -2.38. The minimum atomic E-state index is -3.15. The van der Waals surface area contributed by atoms with E-state index in [0.717, 1.165) is 44.1 Å². The molecule has 0 heterocycles. The molecule has 0 aliphatic carbocycles. The minimum Gasteiger partial charge on any atom is -0.357 e. The molecule has 0 fully saturated rings. The van der Waals surface area contributed by atoms with Crippen molar-refractivity contribution in [3.63, 3.8) is 0 Å². The summed E-state index contributed by atoms with van der Waals surface area (Å²) >= 11 is 0. The van der Waals surface area contributed by atoms with Crippen LogP contribution in [0.2, 0.25) is 0 Å². The van der Waals surface area contributed by atoms with Crippen molar-refractivity contribution in [2.24, 2.45) is 4.99 Å². The first-order valence-electron chi connectivity index (χ1n) is 11.0. The summed E-state index contributed by atoms with van der Waals surface area (Å²) in [5.74, 6) is 0.780. The summed E-state index contributed by atoms with van der Waals surface area (Å²) < 4.78 is 23.1. The number of hydrogen-bond acceptors (Lipinski definition) is 4. The Labute approximate surface area is 187 Å². The van der Waals surface area contributed by atoms with Gasteiger partial charge in [-0.2, -0.15) is 0 Å². The molecule has 0 aliphatic heterocycles. The summed E-state index contributed by atoms with van der Waals surface area (Å²) in [6.07, 6.45) is 2.01. The van der Waals surface area contributed by atoms with Crippen molar-refractivity contribution in [3.05, 3.63) is 65.2 Å². The van der Waals surface area contributed by atoms with Crippen molar-refractivity contribution in [2.45, 2.75) is 45.2 Å². The van der Waals surface area contributed by atoms with Gasteiger partial charge in [0.2, 0.25) is 0 Å². The van der Waals surface area contributed by atoms with Crippen molar-refractivity contribution < 1.29 is 8.42 Å². The predicted molar refractivity (Wildman–Crippen MR) is 129 cm³/mol. The quantitative estimate of drug-likeness (QED) is 0.411. The third-order valence-electron chi connectivity index (χ3n) is 5.15. The maximum atomic E-state index is 11.6. The van der Waals surface area contributed by atoms with E-state index in [1.807, 2.05) is 19.1 Å². The van der Waals surface area contributed by atoms with Gasteiger partial charge in [-0.1, -0.05) is 50.2 Å². The molecule has 0 bridgehead atoms. The Morgan fingerprint density at radius 3 is 2.00 bits per heavy atom. The highest BCUT2D eigenvalue weighted by Crippen LogP contribution is 2.11. The Kier molecular flexibility index (Phi) is 10.0. The van der Waals surface area contributed by atoms with E-state index in [1.165, 1.54) is 17.4 Å². The van der Waals surface area contributed by atoms with Gasteiger partial charge in [0.05, 0.1) is 11.4 Å². The van der Waals surface area contributed by atoms with Crippen LogP contribution in [0, 0.1) is 0 Å². The van der Waals surface area contributed by atoms with Gasteiger partial charge in [-0.05, 0) is 55.3 Å². The maximum absolute atomic E-state index is 11.6. The Morgan fingerprint density at radius 2 is 1.45 bits per heavy atom. The van der Waals surface area contributed by atoms with Gasteiger partial charge in [0, 0.05) is 25.9 Å². The summed E-state index contributed by atoms with van der Waals surface area (Å²) in [6.45, 7) is 11.6. The lowest BCUT2D eigenvalue weighted by Gasteiger charge is -2.18. The highest BCUT2D eigenvalue weighted by molar-refractivity contribution is 7.90. The van der Waals surface area contributed by atoms with Crippen LogP contribution in [0.4, 0.5) is 0 Å². The number of hydrogen-bond donors (Lipinski definition) is 2. The zero-order chi connectivity index (χ0) is 22.7. The third-order valence-corrected chi connectivity index (χ3v) is 6.27. The van der Waals surface area contributed by atoms with Crippen LogP contribution >= 0.6 is 0 Å². The zero-order valence-electron chi connectivity index (χ0n) is 19.2. The van der Waals surface area contributed by atoms with Crippen LogP contribution in [-0.2, 0) is 29.3 Å². The van der Waals surface area contributed by atoms with E-state index in [-0.39, 0.29) is 0 Å². The van der Waals surface area contributed by atoms with E-state index < -0.39 is 9.84 Å². The van der Waals surface area contributed by atoms with E-state index in [4.69, 9.17) is 0 Å². The van der Waals surface area contributed by atoms with E-state index >= 15 is 0 Å². The van der Waals surface area contributed by atoms with Gasteiger partial charge in [0.15, 0.2) is 15.8 Å². The fraction of sp³-hybridized carbons (Fsp3) is 0.458. The molecule has 2 aromatic carbocycles. The van der Waals surface area contributed by atoms with Gasteiger partial charge < -0.3 is 10.6 Å². The first-order valence-corrected chi connectivity index (χ1v) is 12.9. The standard InChI is InChI=1S/C24H36N4O2S/c1-5-25-24(26-17-16-20-12-14-23(15-13-20)31(4,29)30)27-18-21-8-10-22(11-9-21)19-28(6-2)7-3/h8-15H,5-7,16-19H2,1-4H3,(H2,25,26,27). The maximum Gasteiger partial charge on any atom is 0.191 e. The van der Waals surface area contributed by atoms with Crippen LogP contribution in [-0.4, -0.2) is 51.7 Å². The van der Waals surface area contributed by atoms with Crippen LogP contribution < -0.4 is 10.6 Å². The average Bonchev–Trinajstić information content (AvgIpc) is 2.76. The molecule has 2 rings (SSSR count). The van der Waals surface area contributed by atoms with Gasteiger partial charge in [-0.15, -0.1) is 0 Å². The Bertz CT molecular complexity index is 919. The van der Waals surface area contributed by atoms with E-state index in [2.05, 4.69) is 58.6 Å². The van der Waals surface area contributed by atoms with Crippen molar-refractivity contribution in [2.75, 3.05) is 32.4 Å². The second-order valence-corrected chi connectivity index (χ2v) is 9.58. The highest BCUT2D eigenvalue weighted by Gasteiger charge is 2.06. The Balaban J connectivity index is 1.88. The molecule has 170 valence electrons. The van der Waals surface area contributed by atoms with Crippen molar-refractivity contribution in [1.82, 2.24) is 15.5 Å². The summed E-state index contributed by atoms with van der Waals surface area (Å²) in [7, 11) is -3.15. The smallest absolute Gasteiger partial charge is 0.191 e. The number of benzene rings is 2. The number of nitrogens with one attached hydrogen (secondary N) is 2. The fourth-order valence-corrected chi connectivity index (χ4v) is 3.83. The Hall–Kier alpha value is -2.38. The van der Waals surface area contributed by atoms with Crippen LogP contribution in [0.3, 0.4) is 0 Å². The number of sulfone groups is 1. The molecular weight excluding hydrogens is 408 g/mol. The molecule has 7 heteroatoms. The normalized spacial score (nSPS) is 12.2. The van der Waals surface area contributed by atoms with E-state index in [9.17, 15) is 8.42 Å². The number of nitrogens with zero attached hydrogens (tertiary/aromatic N) is 2. The second kappa shape index (κ2) is 12.5. The average molecular weight is 445 g/mol. The van der Waals surface area contributed by atoms with Crippen LogP contribution in [0.15, 0.2) is 58.4 Å². The van der Waals surface area contributed by atoms with Gasteiger partial charge in [0.1, 0.15) is 0 Å². The summed E-state index contributed by atoms with van der Waals surface area (Å²) in [5, 5.41) is 6.62. The molecule has 0 saturated carbocycles. The molecule has 0 radical (unpaired) electrons. The summed E-state index contributed by atoms with van der Waals surface area (Å²) in [5.41, 5.74) is 3.58. The van der Waals surface area contributed by atoms with E-state index in [0.29, 0.717) is 18.0 Å². The first-order chi connectivity index (χ1) is 14.9. The van der Waals surface area contributed by atoms with Crippen molar-refractivity contribution in [1.29, 1.82) is 0 Å². The second-order valence-electron chi connectivity index (χ2n) is 7.57. The van der Waals surface area contributed by atoms with Crippen LogP contribution in [0.25, 0.3) is 0 Å². The number of aliphatic imine (C=N–C) groups is 1. The van der Waals surface area contributed by atoms with Gasteiger partial charge in [-0.25, -0.2) is 13.4 Å². The molecule has 0 aliphatic rings. The van der Waals surface area contributed by atoms with Crippen LogP contribution in [0.1, 0.15) is 37.5 Å². The SMILES string of the molecule is CCNC(=NCc1ccc(CN(CC)CC)cc1)NCCc1ccc(S(C)(=O)=O)cc1. The summed E-state index contributed by atoms with van der Waals surface area (Å²) in [4.78, 5) is 7.44.